The Hall–Kier alpha value is -2.20. The van der Waals surface area contributed by atoms with Gasteiger partial charge in [0.2, 0.25) is 0 Å². The van der Waals surface area contributed by atoms with Gasteiger partial charge in [-0.15, -0.1) is 0 Å². The second-order valence-corrected chi connectivity index (χ2v) is 4.70. The van der Waals surface area contributed by atoms with E-state index >= 15 is 0 Å². The summed E-state index contributed by atoms with van der Waals surface area (Å²) in [4.78, 5) is 8.98. The summed E-state index contributed by atoms with van der Waals surface area (Å²) in [6.07, 6.45) is 1.78. The van der Waals surface area contributed by atoms with Gasteiger partial charge in [-0.3, -0.25) is 4.57 Å². The highest BCUT2D eigenvalue weighted by Crippen LogP contribution is 2.22. The van der Waals surface area contributed by atoms with Crippen LogP contribution in [0.25, 0.3) is 16.9 Å². The van der Waals surface area contributed by atoms with E-state index < -0.39 is 0 Å². The van der Waals surface area contributed by atoms with Gasteiger partial charge >= 0.3 is 0 Å². The summed E-state index contributed by atoms with van der Waals surface area (Å²) in [6, 6.07) is 10.2. The third kappa shape index (κ3) is 1.90. The maximum atomic E-state index is 5.82. The van der Waals surface area contributed by atoms with Crippen LogP contribution in [0.3, 0.4) is 0 Å². The summed E-state index contributed by atoms with van der Waals surface area (Å²) in [7, 11) is 0. The van der Waals surface area contributed by atoms with E-state index in [0.29, 0.717) is 6.54 Å². The zero-order valence-corrected chi connectivity index (χ0v) is 11.1. The normalized spacial score (nSPS) is 11.1. The van der Waals surface area contributed by atoms with E-state index in [1.54, 1.807) is 6.20 Å². The van der Waals surface area contributed by atoms with E-state index in [-0.39, 0.29) is 0 Å². The Morgan fingerprint density at radius 2 is 2.05 bits per heavy atom. The molecule has 3 rings (SSSR count). The number of imidazole rings is 1. The van der Waals surface area contributed by atoms with Crippen LogP contribution >= 0.6 is 0 Å². The van der Waals surface area contributed by atoms with Gasteiger partial charge in [0.25, 0.3) is 0 Å². The average molecular weight is 252 g/mol. The molecule has 0 aliphatic carbocycles. The second-order valence-electron chi connectivity index (χ2n) is 4.70. The predicted octanol–water partition coefficient (Wildman–Crippen LogP) is 2.50. The Morgan fingerprint density at radius 1 is 1.21 bits per heavy atom. The van der Waals surface area contributed by atoms with E-state index in [1.165, 1.54) is 11.1 Å². The Balaban J connectivity index is 2.34. The highest BCUT2D eigenvalue weighted by atomic mass is 15.1. The Morgan fingerprint density at radius 3 is 2.79 bits per heavy atom. The first kappa shape index (κ1) is 11.9. The van der Waals surface area contributed by atoms with Gasteiger partial charge in [-0.25, -0.2) is 9.97 Å². The summed E-state index contributed by atoms with van der Waals surface area (Å²) in [6.45, 7) is 4.58. The van der Waals surface area contributed by atoms with Crippen LogP contribution in [0, 0.1) is 13.8 Å². The lowest BCUT2D eigenvalue weighted by Crippen LogP contribution is -2.08. The molecule has 2 N–H and O–H groups in total. The fourth-order valence-corrected chi connectivity index (χ4v) is 2.41. The van der Waals surface area contributed by atoms with E-state index in [9.17, 15) is 0 Å². The third-order valence-corrected chi connectivity index (χ3v) is 3.26. The minimum Gasteiger partial charge on any atom is -0.324 e. The topological polar surface area (TPSA) is 56.7 Å². The minimum atomic E-state index is 0.393. The van der Waals surface area contributed by atoms with Crippen LogP contribution in [0.15, 0.2) is 36.5 Å². The van der Waals surface area contributed by atoms with Crippen molar-refractivity contribution in [3.63, 3.8) is 0 Å². The molecule has 0 saturated carbocycles. The molecule has 4 heteroatoms. The van der Waals surface area contributed by atoms with Crippen LogP contribution in [0.1, 0.15) is 17.0 Å². The smallest absolute Gasteiger partial charge is 0.164 e. The molecule has 96 valence electrons. The minimum absolute atomic E-state index is 0.393. The summed E-state index contributed by atoms with van der Waals surface area (Å²) < 4.78 is 2.05. The molecule has 0 radical (unpaired) electrons. The van der Waals surface area contributed by atoms with E-state index in [1.807, 2.05) is 16.7 Å². The number of rotatable bonds is 2. The number of nitrogens with zero attached hydrogens (tertiary/aromatic N) is 3. The molecular weight excluding hydrogens is 236 g/mol. The number of nitrogens with two attached hydrogens (primary N) is 1. The van der Waals surface area contributed by atoms with Crippen molar-refractivity contribution in [1.82, 2.24) is 14.5 Å². The predicted molar refractivity (Wildman–Crippen MR) is 76.2 cm³/mol. The Labute approximate surface area is 111 Å². The molecule has 0 aliphatic heterocycles. The molecule has 0 aliphatic rings. The van der Waals surface area contributed by atoms with Gasteiger partial charge in [-0.1, -0.05) is 17.7 Å². The van der Waals surface area contributed by atoms with Gasteiger partial charge in [0, 0.05) is 6.20 Å². The average Bonchev–Trinajstić information content (AvgIpc) is 2.77. The SMILES string of the molecule is Cc1ccc(-n2c(CN)nc3cccnc32)c(C)c1. The number of aryl methyl sites for hydroxylation is 2. The molecular formula is C15H16N4. The van der Waals surface area contributed by atoms with Crippen LogP contribution in [0.4, 0.5) is 0 Å². The van der Waals surface area contributed by atoms with Gasteiger partial charge in [-0.05, 0) is 37.6 Å². The lowest BCUT2D eigenvalue weighted by molar-refractivity contribution is 0.872. The number of hydrogen-bond donors (Lipinski definition) is 1. The molecule has 0 spiro atoms. The molecule has 1 aromatic carbocycles. The van der Waals surface area contributed by atoms with Gasteiger partial charge in [0.05, 0.1) is 12.2 Å². The van der Waals surface area contributed by atoms with Crippen molar-refractivity contribution in [3.8, 4) is 5.69 Å². The standard InChI is InChI=1S/C15H16N4/c1-10-5-6-13(11(2)8-10)19-14(9-16)18-12-4-3-7-17-15(12)19/h3-8H,9,16H2,1-2H3. The number of hydrogen-bond acceptors (Lipinski definition) is 3. The Kier molecular flexibility index (Phi) is 2.80. The first-order valence-corrected chi connectivity index (χ1v) is 6.31. The lowest BCUT2D eigenvalue weighted by atomic mass is 10.1. The van der Waals surface area contributed by atoms with E-state index in [2.05, 4.69) is 42.0 Å². The van der Waals surface area contributed by atoms with Crippen molar-refractivity contribution >= 4 is 11.2 Å². The second kappa shape index (κ2) is 4.48. The van der Waals surface area contributed by atoms with Crippen LogP contribution in [-0.2, 0) is 6.54 Å². The maximum absolute atomic E-state index is 5.82. The summed E-state index contributed by atoms with van der Waals surface area (Å²) in [5, 5.41) is 0. The lowest BCUT2D eigenvalue weighted by Gasteiger charge is -2.11. The molecule has 0 unspecified atom stereocenters. The molecule has 0 bridgehead atoms. The first-order chi connectivity index (χ1) is 9.20. The monoisotopic (exact) mass is 252 g/mol. The van der Waals surface area contributed by atoms with Crippen molar-refractivity contribution in [2.75, 3.05) is 0 Å². The summed E-state index contributed by atoms with van der Waals surface area (Å²) >= 11 is 0. The molecule has 19 heavy (non-hydrogen) atoms. The van der Waals surface area contributed by atoms with E-state index in [0.717, 1.165) is 22.7 Å². The molecule has 3 aromatic rings. The van der Waals surface area contributed by atoms with Crippen molar-refractivity contribution in [1.29, 1.82) is 0 Å². The quantitative estimate of drug-likeness (QED) is 0.762. The number of fused-ring (bicyclic) bond motifs is 1. The molecule has 2 aromatic heterocycles. The molecule has 0 atom stereocenters. The maximum Gasteiger partial charge on any atom is 0.164 e. The molecule has 0 saturated heterocycles. The van der Waals surface area contributed by atoms with Crippen molar-refractivity contribution in [2.45, 2.75) is 20.4 Å². The molecule has 2 heterocycles. The van der Waals surface area contributed by atoms with Crippen molar-refractivity contribution < 1.29 is 0 Å². The van der Waals surface area contributed by atoms with Crippen molar-refractivity contribution in [2.24, 2.45) is 5.73 Å². The van der Waals surface area contributed by atoms with Crippen LogP contribution < -0.4 is 5.73 Å². The van der Waals surface area contributed by atoms with Gasteiger partial charge in [0.15, 0.2) is 5.65 Å². The Bertz CT molecular complexity index is 743. The van der Waals surface area contributed by atoms with E-state index in [4.69, 9.17) is 5.73 Å². The number of aromatic nitrogens is 3. The fourth-order valence-electron chi connectivity index (χ4n) is 2.41. The molecule has 4 nitrogen and oxygen atoms in total. The van der Waals surface area contributed by atoms with Crippen LogP contribution in [-0.4, -0.2) is 14.5 Å². The fraction of sp³-hybridized carbons (Fsp3) is 0.200. The highest BCUT2D eigenvalue weighted by Gasteiger charge is 2.13. The zero-order valence-electron chi connectivity index (χ0n) is 11.1. The van der Waals surface area contributed by atoms with Crippen molar-refractivity contribution in [3.05, 3.63) is 53.5 Å². The highest BCUT2D eigenvalue weighted by molar-refractivity contribution is 5.74. The summed E-state index contributed by atoms with van der Waals surface area (Å²) in [5.74, 6) is 0.834. The van der Waals surface area contributed by atoms with Crippen LogP contribution in [0.2, 0.25) is 0 Å². The molecule has 0 amide bonds. The van der Waals surface area contributed by atoms with Gasteiger partial charge in [0.1, 0.15) is 11.3 Å². The summed E-state index contributed by atoms with van der Waals surface area (Å²) in [5.41, 5.74) is 11.1. The number of pyridine rings is 1. The van der Waals surface area contributed by atoms with Gasteiger partial charge < -0.3 is 5.73 Å². The number of benzene rings is 1. The first-order valence-electron chi connectivity index (χ1n) is 6.31. The zero-order chi connectivity index (χ0) is 13.4. The van der Waals surface area contributed by atoms with Gasteiger partial charge in [-0.2, -0.15) is 0 Å². The van der Waals surface area contributed by atoms with Crippen LogP contribution in [0.5, 0.6) is 0 Å². The largest absolute Gasteiger partial charge is 0.324 e. The molecule has 0 fully saturated rings. The third-order valence-electron chi connectivity index (χ3n) is 3.26.